The molecule has 0 spiro atoms. The Bertz CT molecular complexity index is 553. The number of hydrogen-bond acceptors (Lipinski definition) is 5. The van der Waals surface area contributed by atoms with Crippen molar-refractivity contribution in [1.82, 2.24) is 4.90 Å². The Morgan fingerprint density at radius 3 is 2.68 bits per heavy atom. The van der Waals surface area contributed by atoms with E-state index in [0.717, 1.165) is 31.5 Å². The number of ether oxygens (including phenoxy) is 2. The number of phenolic OH excluding ortho intramolecular Hbond substituents is 1. The lowest BCUT2D eigenvalue weighted by Gasteiger charge is -2.32. The molecule has 0 amide bonds. The van der Waals surface area contributed by atoms with E-state index in [1.54, 1.807) is 18.2 Å². The molecule has 1 saturated heterocycles. The predicted molar refractivity (Wildman–Crippen MR) is 87.3 cm³/mol. The molecule has 1 fully saturated rings. The lowest BCUT2D eigenvalue weighted by molar-refractivity contribution is -0.149. The molecule has 1 N–H and O–H groups in total. The molecular formula is C16H21NO4S. The SMILES string of the molecule is CCOC(=O)C1CCN(C(=S)c2ccc(O)c(OC)c2)CC1. The number of hydrogen-bond donors (Lipinski definition) is 1. The molecule has 0 bridgehead atoms. The summed E-state index contributed by atoms with van der Waals surface area (Å²) in [5, 5.41) is 9.64. The molecule has 1 aromatic carbocycles. The van der Waals surface area contributed by atoms with Crippen LogP contribution in [0.2, 0.25) is 0 Å². The van der Waals surface area contributed by atoms with Gasteiger partial charge in [0.25, 0.3) is 0 Å². The van der Waals surface area contributed by atoms with Gasteiger partial charge in [0, 0.05) is 18.7 Å². The number of aromatic hydroxyl groups is 1. The van der Waals surface area contributed by atoms with E-state index in [-0.39, 0.29) is 17.6 Å². The molecule has 1 aliphatic heterocycles. The number of esters is 1. The van der Waals surface area contributed by atoms with Gasteiger partial charge in [-0.15, -0.1) is 0 Å². The fourth-order valence-electron chi connectivity index (χ4n) is 2.57. The Kier molecular flexibility index (Phi) is 5.60. The van der Waals surface area contributed by atoms with Gasteiger partial charge in [-0.25, -0.2) is 0 Å². The number of thiocarbonyl (C=S) groups is 1. The average molecular weight is 323 g/mol. The van der Waals surface area contributed by atoms with Crippen molar-refractivity contribution >= 4 is 23.2 Å². The fraction of sp³-hybridized carbons (Fsp3) is 0.500. The number of likely N-dealkylation sites (tertiary alicyclic amines) is 1. The molecule has 22 heavy (non-hydrogen) atoms. The van der Waals surface area contributed by atoms with Crippen molar-refractivity contribution in [2.45, 2.75) is 19.8 Å². The van der Waals surface area contributed by atoms with E-state index in [0.29, 0.717) is 17.3 Å². The van der Waals surface area contributed by atoms with Crippen LogP contribution in [0.1, 0.15) is 25.3 Å². The summed E-state index contributed by atoms with van der Waals surface area (Å²) in [5.74, 6) is 0.351. The molecule has 1 aromatic rings. The summed E-state index contributed by atoms with van der Waals surface area (Å²) in [6.45, 7) is 3.70. The monoisotopic (exact) mass is 323 g/mol. The van der Waals surface area contributed by atoms with Crippen LogP contribution in [-0.4, -0.2) is 47.8 Å². The van der Waals surface area contributed by atoms with E-state index in [2.05, 4.69) is 4.90 Å². The molecule has 6 heteroatoms. The summed E-state index contributed by atoms with van der Waals surface area (Å²) in [5.41, 5.74) is 0.833. The predicted octanol–water partition coefficient (Wildman–Crippen LogP) is 2.35. The Hall–Kier alpha value is -1.82. The van der Waals surface area contributed by atoms with Crippen molar-refractivity contribution in [2.75, 3.05) is 26.8 Å². The summed E-state index contributed by atoms with van der Waals surface area (Å²) in [7, 11) is 1.51. The van der Waals surface area contributed by atoms with Gasteiger partial charge < -0.3 is 19.5 Å². The summed E-state index contributed by atoms with van der Waals surface area (Å²) < 4.78 is 10.2. The van der Waals surface area contributed by atoms with E-state index < -0.39 is 0 Å². The first-order valence-electron chi connectivity index (χ1n) is 7.39. The van der Waals surface area contributed by atoms with Gasteiger partial charge in [0.1, 0.15) is 4.99 Å². The van der Waals surface area contributed by atoms with Crippen molar-refractivity contribution in [3.05, 3.63) is 23.8 Å². The quantitative estimate of drug-likeness (QED) is 0.678. The molecule has 0 saturated carbocycles. The lowest BCUT2D eigenvalue weighted by atomic mass is 9.96. The van der Waals surface area contributed by atoms with Crippen molar-refractivity contribution in [3.63, 3.8) is 0 Å². The van der Waals surface area contributed by atoms with Gasteiger partial charge in [0.15, 0.2) is 11.5 Å². The number of rotatable bonds is 4. The van der Waals surface area contributed by atoms with Crippen molar-refractivity contribution in [2.24, 2.45) is 5.92 Å². The van der Waals surface area contributed by atoms with E-state index in [4.69, 9.17) is 21.7 Å². The minimum absolute atomic E-state index is 0.0339. The van der Waals surface area contributed by atoms with E-state index >= 15 is 0 Å². The first-order valence-corrected chi connectivity index (χ1v) is 7.80. The van der Waals surface area contributed by atoms with Crippen LogP contribution in [0.3, 0.4) is 0 Å². The third-order valence-corrected chi connectivity index (χ3v) is 4.32. The van der Waals surface area contributed by atoms with Crippen molar-refractivity contribution < 1.29 is 19.4 Å². The Labute approximate surface area is 135 Å². The number of nitrogens with zero attached hydrogens (tertiary/aromatic N) is 1. The number of methoxy groups -OCH3 is 1. The maximum atomic E-state index is 11.7. The van der Waals surface area contributed by atoms with Crippen molar-refractivity contribution in [1.29, 1.82) is 0 Å². The highest BCUT2D eigenvalue weighted by molar-refractivity contribution is 7.80. The molecule has 120 valence electrons. The Morgan fingerprint density at radius 2 is 2.09 bits per heavy atom. The summed E-state index contributed by atoms with van der Waals surface area (Å²) in [6, 6.07) is 5.08. The summed E-state index contributed by atoms with van der Waals surface area (Å²) in [4.78, 5) is 14.5. The van der Waals surface area contributed by atoms with Gasteiger partial charge in [0.05, 0.1) is 19.6 Å². The van der Waals surface area contributed by atoms with Gasteiger partial charge in [-0.3, -0.25) is 4.79 Å². The van der Waals surface area contributed by atoms with Crippen LogP contribution < -0.4 is 4.74 Å². The molecule has 0 radical (unpaired) electrons. The maximum absolute atomic E-state index is 11.7. The molecule has 1 heterocycles. The third-order valence-electron chi connectivity index (χ3n) is 3.83. The van der Waals surface area contributed by atoms with Crippen LogP contribution in [0.25, 0.3) is 0 Å². The Balaban J connectivity index is 1.99. The van der Waals surface area contributed by atoms with Gasteiger partial charge >= 0.3 is 5.97 Å². The second-order valence-corrected chi connectivity index (χ2v) is 5.59. The summed E-state index contributed by atoms with van der Waals surface area (Å²) >= 11 is 5.52. The lowest BCUT2D eigenvalue weighted by Crippen LogP contribution is -2.40. The standard InChI is InChI=1S/C16H21NO4S/c1-3-21-16(19)11-6-8-17(9-7-11)15(22)12-4-5-13(18)14(10-12)20-2/h4-5,10-11,18H,3,6-9H2,1-2H3. The molecule has 1 aliphatic rings. The minimum Gasteiger partial charge on any atom is -0.504 e. The second-order valence-electron chi connectivity index (χ2n) is 5.21. The van der Waals surface area contributed by atoms with Gasteiger partial charge in [-0.2, -0.15) is 0 Å². The number of benzene rings is 1. The number of carbonyl (C=O) groups is 1. The third kappa shape index (κ3) is 3.68. The van der Waals surface area contributed by atoms with Crippen LogP contribution in [0.4, 0.5) is 0 Å². The zero-order chi connectivity index (χ0) is 16.1. The largest absolute Gasteiger partial charge is 0.504 e. The first kappa shape index (κ1) is 16.5. The van der Waals surface area contributed by atoms with Gasteiger partial charge in [-0.1, -0.05) is 12.2 Å². The van der Waals surface area contributed by atoms with Crippen LogP contribution in [0.15, 0.2) is 18.2 Å². The van der Waals surface area contributed by atoms with Crippen LogP contribution >= 0.6 is 12.2 Å². The van der Waals surface area contributed by atoms with Gasteiger partial charge in [0.2, 0.25) is 0 Å². The minimum atomic E-state index is -0.112. The van der Waals surface area contributed by atoms with E-state index in [9.17, 15) is 9.90 Å². The topological polar surface area (TPSA) is 59.0 Å². The molecule has 5 nitrogen and oxygen atoms in total. The van der Waals surface area contributed by atoms with Crippen LogP contribution in [0, 0.1) is 5.92 Å². The van der Waals surface area contributed by atoms with Crippen LogP contribution in [-0.2, 0) is 9.53 Å². The number of phenols is 1. The highest BCUT2D eigenvalue weighted by Crippen LogP contribution is 2.28. The molecule has 2 rings (SSSR count). The molecular weight excluding hydrogens is 302 g/mol. The van der Waals surface area contributed by atoms with Gasteiger partial charge in [-0.05, 0) is 38.0 Å². The normalized spacial score (nSPS) is 15.5. The number of piperidine rings is 1. The smallest absolute Gasteiger partial charge is 0.309 e. The molecule has 0 aliphatic carbocycles. The van der Waals surface area contributed by atoms with Crippen molar-refractivity contribution in [3.8, 4) is 11.5 Å². The fourth-order valence-corrected chi connectivity index (χ4v) is 2.88. The molecule has 0 aromatic heterocycles. The average Bonchev–Trinajstić information content (AvgIpc) is 2.55. The zero-order valence-electron chi connectivity index (χ0n) is 12.9. The summed E-state index contributed by atoms with van der Waals surface area (Å²) in [6.07, 6.45) is 1.49. The maximum Gasteiger partial charge on any atom is 0.309 e. The van der Waals surface area contributed by atoms with E-state index in [1.165, 1.54) is 7.11 Å². The Morgan fingerprint density at radius 1 is 1.41 bits per heavy atom. The first-order chi connectivity index (χ1) is 10.6. The highest BCUT2D eigenvalue weighted by atomic mass is 32.1. The highest BCUT2D eigenvalue weighted by Gasteiger charge is 2.27. The molecule has 0 atom stereocenters. The number of carbonyl (C=O) groups excluding carboxylic acids is 1. The zero-order valence-corrected chi connectivity index (χ0v) is 13.7. The molecule has 0 unspecified atom stereocenters. The van der Waals surface area contributed by atoms with E-state index in [1.807, 2.05) is 6.92 Å². The van der Waals surface area contributed by atoms with Crippen LogP contribution in [0.5, 0.6) is 11.5 Å². The second kappa shape index (κ2) is 7.45.